The summed E-state index contributed by atoms with van der Waals surface area (Å²) >= 11 is 13.6. The first kappa shape index (κ1) is 23.2. The topological polar surface area (TPSA) is 71.8 Å². The number of thioether (sulfide) groups is 1. The Labute approximate surface area is 206 Å². The second-order valence-corrected chi connectivity index (χ2v) is 8.96. The van der Waals surface area contributed by atoms with Gasteiger partial charge < -0.3 is 10.6 Å². The van der Waals surface area contributed by atoms with Crippen LogP contribution in [0, 0.1) is 0 Å². The van der Waals surface area contributed by atoms with Crippen molar-refractivity contribution in [2.24, 2.45) is 0 Å². The second kappa shape index (κ2) is 11.2. The number of nitrogens with one attached hydrogen (secondary N) is 2. The molecule has 0 fully saturated rings. The normalized spacial score (nSPS) is 10.7. The quantitative estimate of drug-likeness (QED) is 0.265. The molecular weight excluding hydrogens is 477 g/mol. The van der Waals surface area contributed by atoms with Crippen molar-refractivity contribution in [3.63, 3.8) is 0 Å². The Morgan fingerprint density at radius 1 is 0.909 bits per heavy atom. The summed E-state index contributed by atoms with van der Waals surface area (Å²) in [5, 5.41) is 16.9. The fourth-order valence-corrected chi connectivity index (χ4v) is 4.32. The van der Waals surface area contributed by atoms with E-state index in [0.717, 1.165) is 22.4 Å². The maximum Gasteiger partial charge on any atom is 0.225 e. The van der Waals surface area contributed by atoms with Gasteiger partial charge in [-0.25, -0.2) is 0 Å². The van der Waals surface area contributed by atoms with Crippen LogP contribution in [0.15, 0.2) is 84.0 Å². The largest absolute Gasteiger partial charge is 0.378 e. The number of anilines is 2. The molecule has 4 rings (SSSR count). The Morgan fingerprint density at radius 3 is 2.39 bits per heavy atom. The average Bonchev–Trinajstić information content (AvgIpc) is 3.23. The number of hydrogen-bond acceptors (Lipinski definition) is 5. The van der Waals surface area contributed by atoms with Crippen LogP contribution in [0.3, 0.4) is 0 Å². The number of carbonyl (C=O) groups is 1. The van der Waals surface area contributed by atoms with E-state index in [9.17, 15) is 4.79 Å². The lowest BCUT2D eigenvalue weighted by atomic mass is 10.3. The molecule has 0 aliphatic heterocycles. The van der Waals surface area contributed by atoms with Crippen molar-refractivity contribution in [1.82, 2.24) is 14.8 Å². The Kier molecular flexibility index (Phi) is 7.88. The van der Waals surface area contributed by atoms with Gasteiger partial charge in [-0.1, -0.05) is 65.3 Å². The molecule has 0 spiro atoms. The lowest BCUT2D eigenvalue weighted by Crippen LogP contribution is -2.13. The number of para-hydroxylation sites is 2. The second-order valence-electron chi connectivity index (χ2n) is 7.06. The van der Waals surface area contributed by atoms with Gasteiger partial charge in [-0.05, 0) is 48.5 Å². The molecule has 0 saturated heterocycles. The highest BCUT2D eigenvalue weighted by atomic mass is 35.5. The van der Waals surface area contributed by atoms with Crippen LogP contribution in [-0.4, -0.2) is 26.4 Å². The van der Waals surface area contributed by atoms with Gasteiger partial charge in [-0.15, -0.1) is 10.2 Å². The van der Waals surface area contributed by atoms with Gasteiger partial charge >= 0.3 is 0 Å². The third kappa shape index (κ3) is 6.28. The molecule has 9 heteroatoms. The summed E-state index contributed by atoms with van der Waals surface area (Å²) in [6.07, 6.45) is 0.315. The maximum absolute atomic E-state index is 12.4. The van der Waals surface area contributed by atoms with E-state index in [0.29, 0.717) is 34.5 Å². The van der Waals surface area contributed by atoms with Crippen LogP contribution in [-0.2, 0) is 11.3 Å². The van der Waals surface area contributed by atoms with Gasteiger partial charge in [-0.3, -0.25) is 9.36 Å². The van der Waals surface area contributed by atoms with Crippen molar-refractivity contribution >= 4 is 52.2 Å². The number of amides is 1. The molecule has 4 aromatic rings. The number of halogens is 2. The zero-order chi connectivity index (χ0) is 23.0. The summed E-state index contributed by atoms with van der Waals surface area (Å²) in [5.41, 5.74) is 2.50. The summed E-state index contributed by atoms with van der Waals surface area (Å²) in [6.45, 7) is 0.483. The van der Waals surface area contributed by atoms with Gasteiger partial charge in [-0.2, -0.15) is 0 Å². The molecule has 3 aromatic carbocycles. The predicted octanol–water partition coefficient (Wildman–Crippen LogP) is 6.31. The molecule has 1 aromatic heterocycles. The first-order chi connectivity index (χ1) is 16.1. The molecule has 33 heavy (non-hydrogen) atoms. The van der Waals surface area contributed by atoms with E-state index in [-0.39, 0.29) is 5.91 Å². The minimum absolute atomic E-state index is 0.106. The molecule has 0 aliphatic carbocycles. The number of aromatic nitrogens is 3. The van der Waals surface area contributed by atoms with Crippen molar-refractivity contribution in [3.8, 4) is 5.69 Å². The average molecular weight is 498 g/mol. The summed E-state index contributed by atoms with van der Waals surface area (Å²) < 4.78 is 2.00. The minimum Gasteiger partial charge on any atom is -0.378 e. The van der Waals surface area contributed by atoms with Gasteiger partial charge in [0, 0.05) is 28.6 Å². The van der Waals surface area contributed by atoms with E-state index < -0.39 is 0 Å². The van der Waals surface area contributed by atoms with E-state index in [1.165, 1.54) is 11.8 Å². The molecule has 1 heterocycles. The van der Waals surface area contributed by atoms with Crippen molar-refractivity contribution in [3.05, 3.63) is 94.7 Å². The Hall–Kier alpha value is -3.00. The SMILES string of the molecule is O=C(CCSc1nnc(CNc2ccc(Cl)cc2)n1-c1ccccc1)Nc1ccccc1Cl. The fourth-order valence-electron chi connectivity index (χ4n) is 3.10. The zero-order valence-corrected chi connectivity index (χ0v) is 19.9. The summed E-state index contributed by atoms with van der Waals surface area (Å²) in [7, 11) is 0. The molecule has 168 valence electrons. The molecule has 0 radical (unpaired) electrons. The van der Waals surface area contributed by atoms with E-state index in [1.807, 2.05) is 71.3 Å². The molecule has 2 N–H and O–H groups in total. The third-order valence-corrected chi connectivity index (χ3v) is 6.23. The van der Waals surface area contributed by atoms with Crippen molar-refractivity contribution in [2.75, 3.05) is 16.4 Å². The molecule has 6 nitrogen and oxygen atoms in total. The predicted molar refractivity (Wildman–Crippen MR) is 136 cm³/mol. The van der Waals surface area contributed by atoms with Gasteiger partial charge in [0.25, 0.3) is 0 Å². The molecule has 0 saturated carbocycles. The van der Waals surface area contributed by atoms with Gasteiger partial charge in [0.1, 0.15) is 0 Å². The highest BCUT2D eigenvalue weighted by molar-refractivity contribution is 7.99. The number of benzene rings is 3. The summed E-state index contributed by atoms with van der Waals surface area (Å²) in [5.74, 6) is 1.21. The molecule has 0 atom stereocenters. The van der Waals surface area contributed by atoms with Crippen molar-refractivity contribution in [1.29, 1.82) is 0 Å². The minimum atomic E-state index is -0.106. The van der Waals surface area contributed by atoms with Gasteiger partial charge in [0.15, 0.2) is 11.0 Å². The van der Waals surface area contributed by atoms with E-state index in [2.05, 4.69) is 20.8 Å². The molecule has 0 aliphatic rings. The number of nitrogens with zero attached hydrogens (tertiary/aromatic N) is 3. The van der Waals surface area contributed by atoms with Crippen LogP contribution in [0.25, 0.3) is 5.69 Å². The standard InChI is InChI=1S/C24H21Cl2N5OS/c25-17-10-12-18(13-11-17)27-16-22-29-30-24(31(22)19-6-2-1-3-7-19)33-15-14-23(32)28-21-9-5-4-8-20(21)26/h1-13,27H,14-16H2,(H,28,32). The van der Waals surface area contributed by atoms with Crippen LogP contribution in [0.1, 0.15) is 12.2 Å². The van der Waals surface area contributed by atoms with Crippen LogP contribution in [0.2, 0.25) is 10.0 Å². The molecule has 1 amide bonds. The van der Waals surface area contributed by atoms with Crippen LogP contribution < -0.4 is 10.6 Å². The molecule has 0 bridgehead atoms. The highest BCUT2D eigenvalue weighted by Crippen LogP contribution is 2.25. The zero-order valence-electron chi connectivity index (χ0n) is 17.5. The molecule has 0 unspecified atom stereocenters. The lowest BCUT2D eigenvalue weighted by molar-refractivity contribution is -0.115. The maximum atomic E-state index is 12.4. The Morgan fingerprint density at radius 2 is 1.64 bits per heavy atom. The van der Waals surface area contributed by atoms with Crippen LogP contribution >= 0.6 is 35.0 Å². The Bertz CT molecular complexity index is 1220. The van der Waals surface area contributed by atoms with Crippen LogP contribution in [0.4, 0.5) is 11.4 Å². The van der Waals surface area contributed by atoms with Crippen molar-refractivity contribution in [2.45, 2.75) is 18.1 Å². The first-order valence-electron chi connectivity index (χ1n) is 10.3. The van der Waals surface area contributed by atoms with Crippen LogP contribution in [0.5, 0.6) is 0 Å². The fraction of sp³-hybridized carbons (Fsp3) is 0.125. The molecular formula is C24H21Cl2N5OS. The third-order valence-electron chi connectivity index (χ3n) is 4.72. The van der Waals surface area contributed by atoms with E-state index in [1.54, 1.807) is 12.1 Å². The summed E-state index contributed by atoms with van der Waals surface area (Å²) in [4.78, 5) is 12.4. The lowest BCUT2D eigenvalue weighted by Gasteiger charge is -2.11. The summed E-state index contributed by atoms with van der Waals surface area (Å²) in [6, 6.07) is 24.6. The number of hydrogen-bond donors (Lipinski definition) is 2. The smallest absolute Gasteiger partial charge is 0.225 e. The number of carbonyl (C=O) groups excluding carboxylic acids is 1. The first-order valence-corrected chi connectivity index (χ1v) is 12.0. The number of rotatable bonds is 9. The Balaban J connectivity index is 1.43. The van der Waals surface area contributed by atoms with Gasteiger partial charge in [0.05, 0.1) is 17.3 Å². The van der Waals surface area contributed by atoms with E-state index >= 15 is 0 Å². The monoisotopic (exact) mass is 497 g/mol. The van der Waals surface area contributed by atoms with Gasteiger partial charge in [0.2, 0.25) is 5.91 Å². The highest BCUT2D eigenvalue weighted by Gasteiger charge is 2.15. The van der Waals surface area contributed by atoms with E-state index in [4.69, 9.17) is 23.2 Å². The van der Waals surface area contributed by atoms with Crippen molar-refractivity contribution < 1.29 is 4.79 Å².